The molecule has 0 spiro atoms. The molecule has 1 aliphatic heterocycles. The van der Waals surface area contributed by atoms with E-state index in [1.165, 1.54) is 5.56 Å². The summed E-state index contributed by atoms with van der Waals surface area (Å²) in [5, 5.41) is 12.0. The largest absolute Gasteiger partial charge is 0.314 e. The number of fused-ring (bicyclic) bond motifs is 1. The molecule has 96 valence electrons. The molecule has 1 aliphatic rings. The van der Waals surface area contributed by atoms with Gasteiger partial charge in [0.2, 0.25) is 0 Å². The lowest BCUT2D eigenvalue weighted by atomic mass is 10.2. The fourth-order valence-electron chi connectivity index (χ4n) is 2.53. The quantitative estimate of drug-likeness (QED) is 0.857. The number of hydrogen-bond acceptors (Lipinski definition) is 4. The van der Waals surface area contributed by atoms with Crippen molar-refractivity contribution in [2.75, 3.05) is 26.2 Å². The highest BCUT2D eigenvalue weighted by Crippen LogP contribution is 2.19. The van der Waals surface area contributed by atoms with Crippen LogP contribution in [0, 0.1) is 6.92 Å². The first kappa shape index (κ1) is 11.6. The average Bonchev–Trinajstić information content (AvgIpc) is 2.81. The zero-order valence-electron chi connectivity index (χ0n) is 10.9. The molecule has 1 unspecified atom stereocenters. The minimum Gasteiger partial charge on any atom is -0.314 e. The predicted molar refractivity (Wildman–Crippen MR) is 70.6 cm³/mol. The molecule has 3 rings (SSSR count). The molecule has 0 radical (unpaired) electrons. The van der Waals surface area contributed by atoms with Gasteiger partial charge in [0.05, 0.1) is 6.04 Å². The van der Waals surface area contributed by atoms with Crippen molar-refractivity contribution in [2.45, 2.75) is 19.9 Å². The molecule has 0 aliphatic carbocycles. The zero-order chi connectivity index (χ0) is 12.5. The van der Waals surface area contributed by atoms with Gasteiger partial charge in [0.25, 0.3) is 0 Å². The van der Waals surface area contributed by atoms with Crippen molar-refractivity contribution < 1.29 is 0 Å². The summed E-state index contributed by atoms with van der Waals surface area (Å²) in [4.78, 5) is 2.45. The molecule has 0 amide bonds. The molecular weight excluding hydrogens is 226 g/mol. The number of hydrogen-bond donors (Lipinski definition) is 1. The van der Waals surface area contributed by atoms with Gasteiger partial charge < -0.3 is 5.32 Å². The van der Waals surface area contributed by atoms with Crippen LogP contribution >= 0.6 is 0 Å². The molecule has 5 nitrogen and oxygen atoms in total. The van der Waals surface area contributed by atoms with E-state index < -0.39 is 0 Å². The van der Waals surface area contributed by atoms with Crippen LogP contribution in [0.2, 0.25) is 0 Å². The van der Waals surface area contributed by atoms with Crippen LogP contribution in [0.1, 0.15) is 24.4 Å². The van der Waals surface area contributed by atoms with Crippen LogP contribution in [0.15, 0.2) is 18.3 Å². The second kappa shape index (κ2) is 4.66. The highest BCUT2D eigenvalue weighted by atomic mass is 15.3. The second-order valence-corrected chi connectivity index (χ2v) is 4.95. The van der Waals surface area contributed by atoms with Crippen LogP contribution in [-0.4, -0.2) is 45.7 Å². The predicted octanol–water partition coefficient (Wildman–Crippen LogP) is 1.00. The van der Waals surface area contributed by atoms with E-state index in [1.807, 2.05) is 0 Å². The summed E-state index contributed by atoms with van der Waals surface area (Å²) in [7, 11) is 0. The number of nitrogens with one attached hydrogen (secondary N) is 1. The van der Waals surface area contributed by atoms with Crippen LogP contribution < -0.4 is 5.32 Å². The monoisotopic (exact) mass is 245 g/mol. The normalized spacial score (nSPS) is 19.2. The minimum absolute atomic E-state index is 0.310. The average molecular weight is 245 g/mol. The summed E-state index contributed by atoms with van der Waals surface area (Å²) in [6, 6.07) is 4.48. The Labute approximate surface area is 107 Å². The van der Waals surface area contributed by atoms with Gasteiger partial charge in [-0.2, -0.15) is 0 Å². The second-order valence-electron chi connectivity index (χ2n) is 4.95. The van der Waals surface area contributed by atoms with Gasteiger partial charge >= 0.3 is 0 Å². The van der Waals surface area contributed by atoms with E-state index in [-0.39, 0.29) is 0 Å². The summed E-state index contributed by atoms with van der Waals surface area (Å²) in [5.41, 5.74) is 2.16. The SMILES string of the molecule is Cc1ccn2c(C(C)N3CCNCC3)nnc2c1. The van der Waals surface area contributed by atoms with Gasteiger partial charge in [-0.25, -0.2) is 0 Å². The molecule has 18 heavy (non-hydrogen) atoms. The van der Waals surface area contributed by atoms with Crippen molar-refractivity contribution in [2.24, 2.45) is 0 Å². The van der Waals surface area contributed by atoms with E-state index in [4.69, 9.17) is 0 Å². The third-order valence-electron chi connectivity index (χ3n) is 3.66. The first-order valence-electron chi connectivity index (χ1n) is 6.52. The van der Waals surface area contributed by atoms with Crippen molar-refractivity contribution in [3.63, 3.8) is 0 Å². The van der Waals surface area contributed by atoms with E-state index in [9.17, 15) is 0 Å². The van der Waals surface area contributed by atoms with Gasteiger partial charge in [0.15, 0.2) is 11.5 Å². The molecule has 5 heteroatoms. The van der Waals surface area contributed by atoms with Crippen molar-refractivity contribution in [1.29, 1.82) is 0 Å². The standard InChI is InChI=1S/C13H19N5/c1-10-3-6-18-12(9-10)15-16-13(18)11(2)17-7-4-14-5-8-17/h3,6,9,11,14H,4-5,7-8H2,1-2H3. The highest BCUT2D eigenvalue weighted by molar-refractivity contribution is 5.41. The molecule has 0 aromatic carbocycles. The van der Waals surface area contributed by atoms with Crippen LogP contribution in [-0.2, 0) is 0 Å². The summed E-state index contributed by atoms with van der Waals surface area (Å²) < 4.78 is 2.10. The van der Waals surface area contributed by atoms with Gasteiger partial charge in [-0.3, -0.25) is 9.30 Å². The lowest BCUT2D eigenvalue weighted by Gasteiger charge is -2.31. The van der Waals surface area contributed by atoms with E-state index in [0.29, 0.717) is 6.04 Å². The Bertz CT molecular complexity index is 541. The number of pyridine rings is 1. The number of nitrogens with zero attached hydrogens (tertiary/aromatic N) is 4. The molecule has 3 heterocycles. The number of rotatable bonds is 2. The van der Waals surface area contributed by atoms with Crippen molar-refractivity contribution in [3.8, 4) is 0 Å². The van der Waals surface area contributed by atoms with Gasteiger partial charge in [-0.1, -0.05) is 0 Å². The molecule has 1 fully saturated rings. The Morgan fingerprint density at radius 1 is 1.28 bits per heavy atom. The van der Waals surface area contributed by atoms with E-state index in [2.05, 4.69) is 57.0 Å². The van der Waals surface area contributed by atoms with Crippen LogP contribution in [0.4, 0.5) is 0 Å². The lowest BCUT2D eigenvalue weighted by molar-refractivity contribution is 0.178. The summed E-state index contributed by atoms with van der Waals surface area (Å²) in [5.74, 6) is 1.03. The van der Waals surface area contributed by atoms with Crippen LogP contribution in [0.3, 0.4) is 0 Å². The Hall–Kier alpha value is -1.46. The number of aryl methyl sites for hydroxylation is 1. The molecule has 0 bridgehead atoms. The smallest absolute Gasteiger partial charge is 0.161 e. The van der Waals surface area contributed by atoms with Crippen molar-refractivity contribution in [1.82, 2.24) is 24.8 Å². The first-order valence-corrected chi connectivity index (χ1v) is 6.52. The van der Waals surface area contributed by atoms with Crippen LogP contribution in [0.25, 0.3) is 5.65 Å². The van der Waals surface area contributed by atoms with Gasteiger partial charge in [0, 0.05) is 32.4 Å². The Balaban J connectivity index is 1.93. The molecule has 0 saturated carbocycles. The Morgan fingerprint density at radius 3 is 2.83 bits per heavy atom. The maximum atomic E-state index is 4.36. The Kier molecular flexibility index (Phi) is 3.01. The van der Waals surface area contributed by atoms with Crippen molar-refractivity contribution >= 4 is 5.65 Å². The van der Waals surface area contributed by atoms with E-state index in [1.54, 1.807) is 0 Å². The molecule has 2 aromatic rings. The molecule has 2 aromatic heterocycles. The highest BCUT2D eigenvalue weighted by Gasteiger charge is 2.22. The fourth-order valence-corrected chi connectivity index (χ4v) is 2.53. The number of aromatic nitrogens is 3. The third kappa shape index (κ3) is 2.00. The molecular formula is C13H19N5. The van der Waals surface area contributed by atoms with Crippen LogP contribution in [0.5, 0.6) is 0 Å². The Morgan fingerprint density at radius 2 is 2.06 bits per heavy atom. The zero-order valence-corrected chi connectivity index (χ0v) is 10.9. The van der Waals surface area contributed by atoms with Gasteiger partial charge in [-0.05, 0) is 31.5 Å². The first-order chi connectivity index (χ1) is 8.75. The summed E-state index contributed by atoms with van der Waals surface area (Å²) in [6.07, 6.45) is 2.07. The van der Waals surface area contributed by atoms with Gasteiger partial charge in [-0.15, -0.1) is 10.2 Å². The summed E-state index contributed by atoms with van der Waals surface area (Å²) in [6.45, 7) is 8.54. The minimum atomic E-state index is 0.310. The fraction of sp³-hybridized carbons (Fsp3) is 0.538. The summed E-state index contributed by atoms with van der Waals surface area (Å²) >= 11 is 0. The van der Waals surface area contributed by atoms with Crippen molar-refractivity contribution in [3.05, 3.63) is 29.7 Å². The van der Waals surface area contributed by atoms with E-state index in [0.717, 1.165) is 37.7 Å². The third-order valence-corrected chi connectivity index (χ3v) is 3.66. The van der Waals surface area contributed by atoms with Gasteiger partial charge in [0.1, 0.15) is 0 Å². The molecule has 1 atom stereocenters. The lowest BCUT2D eigenvalue weighted by Crippen LogP contribution is -2.44. The maximum Gasteiger partial charge on any atom is 0.161 e. The number of piperazine rings is 1. The maximum absolute atomic E-state index is 4.36. The molecule has 1 saturated heterocycles. The molecule has 1 N–H and O–H groups in total. The topological polar surface area (TPSA) is 45.5 Å². The van der Waals surface area contributed by atoms with E-state index >= 15 is 0 Å².